The summed E-state index contributed by atoms with van der Waals surface area (Å²) >= 11 is 0. The zero-order chi connectivity index (χ0) is 15.6. The van der Waals surface area contributed by atoms with Crippen LogP contribution in [-0.2, 0) is 9.53 Å². The average Bonchev–Trinajstić information content (AvgIpc) is 2.42. The van der Waals surface area contributed by atoms with E-state index in [1.807, 2.05) is 0 Å². The van der Waals surface area contributed by atoms with Crippen LogP contribution >= 0.6 is 0 Å². The number of anilines is 1. The molecular formula is C15H19NO5. The second kappa shape index (κ2) is 5.73. The van der Waals surface area contributed by atoms with Gasteiger partial charge in [-0.2, -0.15) is 0 Å². The number of carbonyl (C=O) groups excluding carboxylic acids is 1. The Balaban J connectivity index is 2.40. The molecule has 0 aromatic heterocycles. The molecule has 1 aliphatic heterocycles. The number of ether oxygens (including phenoxy) is 2. The van der Waals surface area contributed by atoms with Gasteiger partial charge >= 0.3 is 5.97 Å². The number of rotatable bonds is 5. The van der Waals surface area contributed by atoms with Crippen molar-refractivity contribution in [1.29, 1.82) is 0 Å². The van der Waals surface area contributed by atoms with E-state index in [9.17, 15) is 9.59 Å². The Morgan fingerprint density at radius 2 is 2.14 bits per heavy atom. The molecule has 1 aromatic carbocycles. The van der Waals surface area contributed by atoms with Crippen molar-refractivity contribution in [3.05, 3.63) is 23.8 Å². The van der Waals surface area contributed by atoms with Crippen molar-refractivity contribution < 1.29 is 24.2 Å². The first-order valence-corrected chi connectivity index (χ1v) is 6.74. The number of fused-ring (bicyclic) bond motifs is 1. The predicted octanol–water partition coefficient (Wildman–Crippen LogP) is 1.93. The standard InChI is InChI=1S/C15H19NO5/c1-15(2)14(19)16(7-4-8-20-3)11-9-10(13(17)18)5-6-12(11)21-15/h5-6,9H,4,7-8H2,1-3H3,(H,17,18). The Morgan fingerprint density at radius 1 is 1.43 bits per heavy atom. The van der Waals surface area contributed by atoms with Gasteiger partial charge < -0.3 is 19.5 Å². The highest BCUT2D eigenvalue weighted by atomic mass is 16.5. The van der Waals surface area contributed by atoms with Crippen LogP contribution in [0.4, 0.5) is 5.69 Å². The van der Waals surface area contributed by atoms with E-state index in [2.05, 4.69) is 0 Å². The van der Waals surface area contributed by atoms with Crippen LogP contribution < -0.4 is 9.64 Å². The molecule has 1 heterocycles. The molecule has 1 aliphatic rings. The van der Waals surface area contributed by atoms with E-state index < -0.39 is 11.6 Å². The predicted molar refractivity (Wildman–Crippen MR) is 77.0 cm³/mol. The van der Waals surface area contributed by atoms with Crippen LogP contribution in [0, 0.1) is 0 Å². The summed E-state index contributed by atoms with van der Waals surface area (Å²) in [6.07, 6.45) is 0.662. The molecule has 1 amide bonds. The minimum absolute atomic E-state index is 0.126. The van der Waals surface area contributed by atoms with Crippen molar-refractivity contribution in [3.8, 4) is 5.75 Å². The van der Waals surface area contributed by atoms with E-state index in [1.165, 1.54) is 12.1 Å². The van der Waals surface area contributed by atoms with E-state index in [4.69, 9.17) is 14.6 Å². The maximum absolute atomic E-state index is 12.5. The van der Waals surface area contributed by atoms with Crippen LogP contribution in [0.3, 0.4) is 0 Å². The lowest BCUT2D eigenvalue weighted by Gasteiger charge is -2.39. The number of carbonyl (C=O) groups is 2. The largest absolute Gasteiger partial charge is 0.478 e. The maximum atomic E-state index is 12.5. The van der Waals surface area contributed by atoms with Gasteiger partial charge in [0.25, 0.3) is 5.91 Å². The van der Waals surface area contributed by atoms with Crippen molar-refractivity contribution in [2.45, 2.75) is 25.9 Å². The van der Waals surface area contributed by atoms with E-state index >= 15 is 0 Å². The molecular weight excluding hydrogens is 274 g/mol. The van der Waals surface area contributed by atoms with E-state index in [0.717, 1.165) is 0 Å². The Bertz CT molecular complexity index is 567. The highest BCUT2D eigenvalue weighted by Gasteiger charge is 2.40. The van der Waals surface area contributed by atoms with E-state index in [0.29, 0.717) is 31.0 Å². The topological polar surface area (TPSA) is 76.1 Å². The van der Waals surface area contributed by atoms with Gasteiger partial charge in [0, 0.05) is 20.3 Å². The second-order valence-corrected chi connectivity index (χ2v) is 5.40. The number of hydrogen-bond donors (Lipinski definition) is 1. The summed E-state index contributed by atoms with van der Waals surface area (Å²) in [4.78, 5) is 25.2. The van der Waals surface area contributed by atoms with Crippen LogP contribution in [-0.4, -0.2) is 42.8 Å². The van der Waals surface area contributed by atoms with Gasteiger partial charge in [0.2, 0.25) is 0 Å². The fraction of sp³-hybridized carbons (Fsp3) is 0.467. The molecule has 0 unspecified atom stereocenters. The lowest BCUT2D eigenvalue weighted by molar-refractivity contribution is -0.132. The summed E-state index contributed by atoms with van der Waals surface area (Å²) in [5, 5.41) is 9.09. The highest BCUT2D eigenvalue weighted by Crippen LogP contribution is 2.38. The fourth-order valence-electron chi connectivity index (χ4n) is 2.29. The summed E-state index contributed by atoms with van der Waals surface area (Å²) in [5.74, 6) is -0.706. The van der Waals surface area contributed by atoms with Gasteiger partial charge in [0.15, 0.2) is 5.60 Å². The van der Waals surface area contributed by atoms with Gasteiger partial charge in [-0.05, 0) is 38.5 Å². The smallest absolute Gasteiger partial charge is 0.335 e. The molecule has 0 radical (unpaired) electrons. The summed E-state index contributed by atoms with van der Waals surface area (Å²) in [6.45, 7) is 4.38. The highest BCUT2D eigenvalue weighted by molar-refractivity contribution is 6.03. The van der Waals surface area contributed by atoms with Gasteiger partial charge in [-0.25, -0.2) is 4.79 Å². The minimum Gasteiger partial charge on any atom is -0.478 e. The first-order chi connectivity index (χ1) is 9.86. The van der Waals surface area contributed by atoms with Crippen LogP contribution in [0.5, 0.6) is 5.75 Å². The van der Waals surface area contributed by atoms with Gasteiger partial charge in [-0.1, -0.05) is 0 Å². The Kier molecular flexibility index (Phi) is 4.18. The zero-order valence-corrected chi connectivity index (χ0v) is 12.4. The van der Waals surface area contributed by atoms with Gasteiger partial charge in [-0.15, -0.1) is 0 Å². The number of aromatic carboxylic acids is 1. The fourth-order valence-corrected chi connectivity index (χ4v) is 2.29. The normalized spacial score (nSPS) is 16.3. The summed E-state index contributed by atoms with van der Waals surface area (Å²) in [6, 6.07) is 4.54. The monoisotopic (exact) mass is 293 g/mol. The minimum atomic E-state index is -1.04. The molecule has 0 aliphatic carbocycles. The molecule has 0 bridgehead atoms. The van der Waals surface area contributed by atoms with Crippen LogP contribution in [0.1, 0.15) is 30.6 Å². The van der Waals surface area contributed by atoms with E-state index in [-0.39, 0.29) is 11.5 Å². The number of carboxylic acids is 1. The van der Waals surface area contributed by atoms with Gasteiger partial charge in [-0.3, -0.25) is 4.79 Å². The van der Waals surface area contributed by atoms with Crippen molar-refractivity contribution in [1.82, 2.24) is 0 Å². The number of benzene rings is 1. The molecule has 2 rings (SSSR count). The average molecular weight is 293 g/mol. The number of hydrogen-bond acceptors (Lipinski definition) is 4. The maximum Gasteiger partial charge on any atom is 0.335 e. The Hall–Kier alpha value is -2.08. The molecule has 6 heteroatoms. The summed E-state index contributed by atoms with van der Waals surface area (Å²) in [5.41, 5.74) is -0.345. The third-order valence-corrected chi connectivity index (χ3v) is 3.35. The SMILES string of the molecule is COCCCN1C(=O)C(C)(C)Oc2ccc(C(=O)O)cc21. The van der Waals surface area contributed by atoms with Crippen molar-refractivity contribution >= 4 is 17.6 Å². The molecule has 21 heavy (non-hydrogen) atoms. The van der Waals surface area contributed by atoms with Gasteiger partial charge in [0.1, 0.15) is 5.75 Å². The molecule has 0 saturated carbocycles. The van der Waals surface area contributed by atoms with Gasteiger partial charge in [0.05, 0.1) is 11.3 Å². The molecule has 114 valence electrons. The molecule has 6 nitrogen and oxygen atoms in total. The van der Waals surface area contributed by atoms with E-state index in [1.54, 1.807) is 31.9 Å². The molecule has 1 aromatic rings. The molecule has 0 atom stereocenters. The Morgan fingerprint density at radius 3 is 2.76 bits per heavy atom. The second-order valence-electron chi connectivity index (χ2n) is 5.40. The molecule has 0 saturated heterocycles. The summed E-state index contributed by atoms with van der Waals surface area (Å²) in [7, 11) is 1.60. The van der Waals surface area contributed by atoms with Crippen LogP contribution in [0.15, 0.2) is 18.2 Å². The third kappa shape index (κ3) is 3.00. The number of carboxylic acid groups (broad SMARTS) is 1. The first-order valence-electron chi connectivity index (χ1n) is 6.74. The quantitative estimate of drug-likeness (QED) is 0.839. The van der Waals surface area contributed by atoms with Crippen molar-refractivity contribution in [2.24, 2.45) is 0 Å². The van der Waals surface area contributed by atoms with Crippen LogP contribution in [0.25, 0.3) is 0 Å². The number of nitrogens with zero attached hydrogens (tertiary/aromatic N) is 1. The lowest BCUT2D eigenvalue weighted by atomic mass is 10.0. The Labute approximate surface area is 123 Å². The molecule has 0 fully saturated rings. The third-order valence-electron chi connectivity index (χ3n) is 3.35. The number of amides is 1. The molecule has 0 spiro atoms. The van der Waals surface area contributed by atoms with Crippen molar-refractivity contribution in [3.63, 3.8) is 0 Å². The molecule has 1 N–H and O–H groups in total. The lowest BCUT2D eigenvalue weighted by Crippen LogP contribution is -2.52. The zero-order valence-electron chi connectivity index (χ0n) is 12.4. The first kappa shape index (κ1) is 15.3. The summed E-state index contributed by atoms with van der Waals surface area (Å²) < 4.78 is 10.7. The number of methoxy groups -OCH3 is 1. The van der Waals surface area contributed by atoms with Crippen molar-refractivity contribution in [2.75, 3.05) is 25.2 Å². The van der Waals surface area contributed by atoms with Crippen LogP contribution in [0.2, 0.25) is 0 Å².